The molecule has 0 spiro atoms. The van der Waals surface area contributed by atoms with Crippen LogP contribution in [0, 0.1) is 0 Å². The Hall–Kier alpha value is -3.23. The van der Waals surface area contributed by atoms with Gasteiger partial charge in [0.15, 0.2) is 12.6 Å². The molecule has 31 heavy (non-hydrogen) atoms. The van der Waals surface area contributed by atoms with Crippen molar-refractivity contribution in [1.29, 1.82) is 0 Å². The molecule has 2 aromatic carbocycles. The first kappa shape index (κ1) is 24.0. The van der Waals surface area contributed by atoms with Crippen molar-refractivity contribution < 1.29 is 22.7 Å². The predicted octanol–water partition coefficient (Wildman–Crippen LogP) is 3.43. The van der Waals surface area contributed by atoms with Crippen LogP contribution in [0.3, 0.4) is 0 Å². The minimum Gasteiger partial charge on any atom is -0.484 e. The van der Waals surface area contributed by atoms with Crippen LogP contribution in [0.5, 0.6) is 5.75 Å². The van der Waals surface area contributed by atoms with Gasteiger partial charge in [0.05, 0.1) is 12.1 Å². The van der Waals surface area contributed by atoms with Crippen LogP contribution in [0.25, 0.3) is 0 Å². The highest BCUT2D eigenvalue weighted by molar-refractivity contribution is 5.79. The fourth-order valence-corrected chi connectivity index (χ4v) is 2.52. The molecule has 0 aliphatic carbocycles. The zero-order chi connectivity index (χ0) is 22.9. The molecule has 0 aromatic heterocycles. The molecule has 0 radical (unpaired) electrons. The number of hydrogen-bond donors (Lipinski definition) is 2. The van der Waals surface area contributed by atoms with Gasteiger partial charge in [0, 0.05) is 27.2 Å². The summed E-state index contributed by atoms with van der Waals surface area (Å²) in [6.07, 6.45) is -4.35. The molecule has 0 saturated carbocycles. The molecule has 168 valence electrons. The molecule has 2 rings (SSSR count). The summed E-state index contributed by atoms with van der Waals surface area (Å²) < 4.78 is 43.5. The summed E-state index contributed by atoms with van der Waals surface area (Å²) >= 11 is 0. The second kappa shape index (κ2) is 11.2. The molecule has 0 bridgehead atoms. The molecule has 2 aromatic rings. The number of nitrogens with one attached hydrogen (secondary N) is 2. The summed E-state index contributed by atoms with van der Waals surface area (Å²) in [5.41, 5.74) is 0.923. The number of aliphatic imine (C=N–C) groups is 1. The molecule has 2 N–H and O–H groups in total. The van der Waals surface area contributed by atoms with E-state index in [1.807, 2.05) is 25.1 Å². The van der Waals surface area contributed by atoms with Gasteiger partial charge < -0.3 is 20.3 Å². The normalized spacial score (nSPS) is 11.7. The molecule has 9 heteroatoms. The quantitative estimate of drug-likeness (QED) is 0.492. The Morgan fingerprint density at radius 2 is 1.77 bits per heavy atom. The molecular formula is C22H27F3N4O2. The zero-order valence-electron chi connectivity index (χ0n) is 17.8. The minimum atomic E-state index is -4.35. The van der Waals surface area contributed by atoms with Gasteiger partial charge in [-0.2, -0.15) is 13.2 Å². The first-order valence-electron chi connectivity index (χ1n) is 9.79. The summed E-state index contributed by atoms with van der Waals surface area (Å²) in [6.45, 7) is 3.21. The van der Waals surface area contributed by atoms with Gasteiger partial charge in [-0.05, 0) is 42.3 Å². The molecule has 0 saturated heterocycles. The number of hydrogen-bond acceptors (Lipinski definition) is 3. The number of likely N-dealkylation sites (N-methyl/N-ethyl adjacent to an activating group) is 1. The fourth-order valence-electron chi connectivity index (χ4n) is 2.52. The number of halogens is 3. The maximum absolute atomic E-state index is 12.7. The van der Waals surface area contributed by atoms with Crippen molar-refractivity contribution in [3.8, 4) is 5.75 Å². The van der Waals surface area contributed by atoms with Crippen molar-refractivity contribution in [1.82, 2.24) is 15.5 Å². The van der Waals surface area contributed by atoms with Gasteiger partial charge in [-0.15, -0.1) is 0 Å². The zero-order valence-corrected chi connectivity index (χ0v) is 17.8. The van der Waals surface area contributed by atoms with Crippen LogP contribution in [0.1, 0.15) is 23.6 Å². The maximum Gasteiger partial charge on any atom is 0.416 e. The van der Waals surface area contributed by atoms with E-state index in [2.05, 4.69) is 15.6 Å². The molecule has 0 heterocycles. The molecule has 1 amide bonds. The van der Waals surface area contributed by atoms with Crippen LogP contribution in [0.15, 0.2) is 53.5 Å². The van der Waals surface area contributed by atoms with Crippen molar-refractivity contribution in [2.24, 2.45) is 4.99 Å². The molecule has 0 fully saturated rings. The second-order valence-corrected chi connectivity index (χ2v) is 6.97. The number of nitrogens with zero attached hydrogens (tertiary/aromatic N) is 2. The summed E-state index contributed by atoms with van der Waals surface area (Å²) in [7, 11) is 3.33. The Balaban J connectivity index is 1.96. The number of guanidine groups is 1. The van der Waals surface area contributed by atoms with Gasteiger partial charge in [0.2, 0.25) is 0 Å². The predicted molar refractivity (Wildman–Crippen MR) is 114 cm³/mol. The standard InChI is InChI=1S/C22H27F3N4O2/c1-4-26-21(27-13-16-8-10-18(11-9-16)22(23,24)25)28-14-17-6-5-7-19(12-17)31-15-20(30)29(2)3/h5-12H,4,13-15H2,1-3H3,(H2,26,27,28). The van der Waals surface area contributed by atoms with Gasteiger partial charge in [-0.1, -0.05) is 24.3 Å². The van der Waals surface area contributed by atoms with E-state index in [9.17, 15) is 18.0 Å². The first-order valence-corrected chi connectivity index (χ1v) is 9.79. The van der Waals surface area contributed by atoms with E-state index in [4.69, 9.17) is 4.74 Å². The van der Waals surface area contributed by atoms with Crippen LogP contribution >= 0.6 is 0 Å². The molecule has 0 aliphatic heterocycles. The highest BCUT2D eigenvalue weighted by Crippen LogP contribution is 2.29. The number of carbonyl (C=O) groups is 1. The van der Waals surface area contributed by atoms with E-state index in [-0.39, 0.29) is 12.5 Å². The average Bonchev–Trinajstić information content (AvgIpc) is 2.74. The van der Waals surface area contributed by atoms with Crippen LogP contribution < -0.4 is 15.4 Å². The van der Waals surface area contributed by atoms with Gasteiger partial charge in [-0.3, -0.25) is 4.79 Å². The Bertz CT molecular complexity index is 881. The van der Waals surface area contributed by atoms with E-state index in [1.54, 1.807) is 20.2 Å². The third kappa shape index (κ3) is 8.19. The minimum absolute atomic E-state index is 0.0446. The van der Waals surface area contributed by atoms with Crippen molar-refractivity contribution in [3.63, 3.8) is 0 Å². The summed E-state index contributed by atoms with van der Waals surface area (Å²) in [5.74, 6) is 0.979. The summed E-state index contributed by atoms with van der Waals surface area (Å²) in [4.78, 5) is 17.6. The SMILES string of the molecule is CCNC(=NCc1cccc(OCC(=O)N(C)C)c1)NCc1ccc(C(F)(F)F)cc1. The average molecular weight is 436 g/mol. The fraction of sp³-hybridized carbons (Fsp3) is 0.364. The number of carbonyl (C=O) groups excluding carboxylic acids is 1. The van der Waals surface area contributed by atoms with Crippen LogP contribution in [-0.2, 0) is 24.1 Å². The molecule has 6 nitrogen and oxygen atoms in total. The maximum atomic E-state index is 12.7. The highest BCUT2D eigenvalue weighted by Gasteiger charge is 2.29. The number of alkyl halides is 3. The largest absolute Gasteiger partial charge is 0.484 e. The van der Waals surface area contributed by atoms with Crippen LogP contribution in [0.4, 0.5) is 13.2 Å². The van der Waals surface area contributed by atoms with Gasteiger partial charge in [0.1, 0.15) is 5.75 Å². The molecule has 0 unspecified atom stereocenters. The summed E-state index contributed by atoms with van der Waals surface area (Å²) in [5, 5.41) is 6.21. The number of benzene rings is 2. The third-order valence-electron chi connectivity index (χ3n) is 4.26. The number of ether oxygens (including phenoxy) is 1. The molecule has 0 atom stereocenters. The van der Waals surface area contributed by atoms with Gasteiger partial charge >= 0.3 is 6.18 Å². The smallest absolute Gasteiger partial charge is 0.416 e. The Kier molecular flexibility index (Phi) is 8.72. The first-order chi connectivity index (χ1) is 14.7. The van der Waals surface area contributed by atoms with Gasteiger partial charge in [-0.25, -0.2) is 4.99 Å². The topological polar surface area (TPSA) is 66.0 Å². The van der Waals surface area contributed by atoms with Crippen LogP contribution in [0.2, 0.25) is 0 Å². The number of amides is 1. The number of rotatable bonds is 8. The summed E-state index contributed by atoms with van der Waals surface area (Å²) in [6, 6.07) is 12.3. The lowest BCUT2D eigenvalue weighted by Gasteiger charge is -2.13. The van der Waals surface area contributed by atoms with Crippen molar-refractivity contribution >= 4 is 11.9 Å². The van der Waals surface area contributed by atoms with Crippen molar-refractivity contribution in [2.45, 2.75) is 26.2 Å². The lowest BCUT2D eigenvalue weighted by atomic mass is 10.1. The van der Waals surface area contributed by atoms with Crippen molar-refractivity contribution in [2.75, 3.05) is 27.2 Å². The Morgan fingerprint density at radius 3 is 2.39 bits per heavy atom. The van der Waals surface area contributed by atoms with E-state index in [0.29, 0.717) is 36.9 Å². The molecular weight excluding hydrogens is 409 g/mol. The van der Waals surface area contributed by atoms with E-state index in [1.165, 1.54) is 17.0 Å². The van der Waals surface area contributed by atoms with E-state index >= 15 is 0 Å². The molecule has 0 aliphatic rings. The highest BCUT2D eigenvalue weighted by atomic mass is 19.4. The third-order valence-corrected chi connectivity index (χ3v) is 4.26. The Morgan fingerprint density at radius 1 is 1.06 bits per heavy atom. The monoisotopic (exact) mass is 436 g/mol. The van der Waals surface area contributed by atoms with E-state index < -0.39 is 11.7 Å². The van der Waals surface area contributed by atoms with Crippen molar-refractivity contribution in [3.05, 3.63) is 65.2 Å². The van der Waals surface area contributed by atoms with Gasteiger partial charge in [0.25, 0.3) is 5.91 Å². The lowest BCUT2D eigenvalue weighted by Crippen LogP contribution is -2.36. The lowest BCUT2D eigenvalue weighted by molar-refractivity contribution is -0.137. The second-order valence-electron chi connectivity index (χ2n) is 6.97. The Labute approximate surface area is 180 Å². The van der Waals surface area contributed by atoms with Crippen LogP contribution in [-0.4, -0.2) is 44.0 Å². The van der Waals surface area contributed by atoms with E-state index in [0.717, 1.165) is 17.7 Å².